The molecule has 3 heteroatoms. The molecule has 2 atom stereocenters. The second-order valence-corrected chi connectivity index (χ2v) is 5.05. The van der Waals surface area contributed by atoms with E-state index in [1.54, 1.807) is 0 Å². The maximum atomic E-state index is 5.61. The lowest BCUT2D eigenvalue weighted by Gasteiger charge is -2.22. The van der Waals surface area contributed by atoms with Crippen molar-refractivity contribution in [3.63, 3.8) is 0 Å². The van der Waals surface area contributed by atoms with Gasteiger partial charge in [0.1, 0.15) is 13.2 Å². The van der Waals surface area contributed by atoms with Crippen LogP contribution in [0.25, 0.3) is 0 Å². The fourth-order valence-corrected chi connectivity index (χ4v) is 1.97. The van der Waals surface area contributed by atoms with Crippen LogP contribution in [0, 0.1) is 5.92 Å². The summed E-state index contributed by atoms with van der Waals surface area (Å²) in [5.74, 6) is 2.44. The van der Waals surface area contributed by atoms with Crippen LogP contribution in [-0.4, -0.2) is 19.8 Å². The van der Waals surface area contributed by atoms with Crippen molar-refractivity contribution in [1.82, 2.24) is 5.32 Å². The smallest absolute Gasteiger partial charge is 0.161 e. The van der Waals surface area contributed by atoms with Crippen LogP contribution in [0.1, 0.15) is 38.8 Å². The monoisotopic (exact) mass is 249 g/mol. The van der Waals surface area contributed by atoms with Crippen LogP contribution in [0.3, 0.4) is 0 Å². The molecule has 0 amide bonds. The minimum atomic E-state index is 0.342. The number of hydrogen-bond donors (Lipinski definition) is 1. The highest BCUT2D eigenvalue weighted by atomic mass is 16.6. The molecule has 18 heavy (non-hydrogen) atoms. The van der Waals surface area contributed by atoms with Crippen LogP contribution in [0.4, 0.5) is 0 Å². The topological polar surface area (TPSA) is 30.5 Å². The highest BCUT2D eigenvalue weighted by molar-refractivity contribution is 5.44. The van der Waals surface area contributed by atoms with Gasteiger partial charge in [-0.3, -0.25) is 0 Å². The highest BCUT2D eigenvalue weighted by Gasteiger charge is 2.14. The third-order valence-corrected chi connectivity index (χ3v) is 3.54. The first kappa shape index (κ1) is 13.2. The van der Waals surface area contributed by atoms with Crippen LogP contribution >= 0.6 is 0 Å². The fraction of sp³-hybridized carbons (Fsp3) is 0.600. The molecular formula is C15H23NO2. The van der Waals surface area contributed by atoms with E-state index in [9.17, 15) is 0 Å². The maximum absolute atomic E-state index is 5.61. The van der Waals surface area contributed by atoms with Gasteiger partial charge in [0.05, 0.1) is 0 Å². The van der Waals surface area contributed by atoms with E-state index >= 15 is 0 Å². The molecule has 1 heterocycles. The molecule has 0 bridgehead atoms. The highest BCUT2D eigenvalue weighted by Crippen LogP contribution is 2.32. The Hall–Kier alpha value is -1.22. The van der Waals surface area contributed by atoms with Gasteiger partial charge >= 0.3 is 0 Å². The zero-order valence-corrected chi connectivity index (χ0v) is 11.5. The van der Waals surface area contributed by atoms with Crippen LogP contribution in [0.2, 0.25) is 0 Å². The second kappa shape index (κ2) is 6.10. The van der Waals surface area contributed by atoms with Gasteiger partial charge < -0.3 is 14.8 Å². The first-order chi connectivity index (χ1) is 8.70. The van der Waals surface area contributed by atoms with Crippen LogP contribution in [0.5, 0.6) is 11.5 Å². The van der Waals surface area contributed by atoms with Crippen molar-refractivity contribution >= 4 is 0 Å². The van der Waals surface area contributed by atoms with Gasteiger partial charge in [0, 0.05) is 6.04 Å². The summed E-state index contributed by atoms with van der Waals surface area (Å²) in [4.78, 5) is 0. The van der Waals surface area contributed by atoms with E-state index in [-0.39, 0.29) is 0 Å². The van der Waals surface area contributed by atoms with Crippen LogP contribution in [0.15, 0.2) is 18.2 Å². The van der Waals surface area contributed by atoms with Crippen molar-refractivity contribution < 1.29 is 9.47 Å². The number of hydrogen-bond acceptors (Lipinski definition) is 3. The molecule has 0 saturated heterocycles. The lowest BCUT2D eigenvalue weighted by molar-refractivity contribution is 0.171. The Morgan fingerprint density at radius 3 is 2.61 bits per heavy atom. The summed E-state index contributed by atoms with van der Waals surface area (Å²) in [6.45, 7) is 9.02. The van der Waals surface area contributed by atoms with Gasteiger partial charge in [0.15, 0.2) is 11.5 Å². The van der Waals surface area contributed by atoms with Crippen LogP contribution in [-0.2, 0) is 0 Å². The van der Waals surface area contributed by atoms with Gasteiger partial charge in [-0.05, 0) is 37.1 Å². The van der Waals surface area contributed by atoms with Gasteiger partial charge in [0.25, 0.3) is 0 Å². The predicted octanol–water partition coefficient (Wildman–Crippen LogP) is 3.15. The third-order valence-electron chi connectivity index (χ3n) is 3.54. The molecule has 0 fully saturated rings. The van der Waals surface area contributed by atoms with E-state index in [0.29, 0.717) is 25.2 Å². The molecule has 1 N–H and O–H groups in total. The first-order valence-electron chi connectivity index (χ1n) is 6.83. The van der Waals surface area contributed by atoms with E-state index in [2.05, 4.69) is 38.2 Å². The Bertz CT molecular complexity index is 392. The largest absolute Gasteiger partial charge is 0.486 e. The number of benzene rings is 1. The molecule has 100 valence electrons. The molecule has 0 spiro atoms. The van der Waals surface area contributed by atoms with Crippen molar-refractivity contribution in [3.8, 4) is 11.5 Å². The Balaban J connectivity index is 1.99. The minimum Gasteiger partial charge on any atom is -0.486 e. The van der Waals surface area contributed by atoms with E-state index < -0.39 is 0 Å². The van der Waals surface area contributed by atoms with Crippen LogP contribution < -0.4 is 14.8 Å². The number of nitrogens with one attached hydrogen (secondary N) is 1. The fourth-order valence-electron chi connectivity index (χ4n) is 1.97. The van der Waals surface area contributed by atoms with Gasteiger partial charge in [-0.15, -0.1) is 0 Å². The van der Waals surface area contributed by atoms with E-state index in [1.165, 1.54) is 12.0 Å². The molecule has 3 nitrogen and oxygen atoms in total. The quantitative estimate of drug-likeness (QED) is 0.869. The zero-order valence-electron chi connectivity index (χ0n) is 11.5. The Morgan fingerprint density at radius 1 is 1.17 bits per heavy atom. The molecular weight excluding hydrogens is 226 g/mol. The normalized spacial score (nSPS) is 17.3. The number of fused-ring (bicyclic) bond motifs is 1. The standard InChI is InChI=1S/C15H23NO2/c1-4-11(2)10-16-12(3)13-5-6-14-15(9-13)18-8-7-17-14/h5-6,9,11-12,16H,4,7-8,10H2,1-3H3. The van der Waals surface area contributed by atoms with E-state index in [0.717, 1.165) is 18.0 Å². The molecule has 0 aliphatic carbocycles. The second-order valence-electron chi connectivity index (χ2n) is 5.05. The average molecular weight is 249 g/mol. The van der Waals surface area contributed by atoms with E-state index in [4.69, 9.17) is 9.47 Å². The molecule has 2 rings (SSSR count). The molecule has 0 saturated carbocycles. The summed E-state index contributed by atoms with van der Waals surface area (Å²) in [6.07, 6.45) is 1.21. The Labute approximate surface area is 109 Å². The third kappa shape index (κ3) is 3.16. The van der Waals surface area contributed by atoms with Gasteiger partial charge in [-0.2, -0.15) is 0 Å². The van der Waals surface area contributed by atoms with E-state index in [1.807, 2.05) is 6.07 Å². The van der Waals surface area contributed by atoms with Crippen molar-refractivity contribution in [2.45, 2.75) is 33.2 Å². The summed E-state index contributed by atoms with van der Waals surface area (Å²) in [5.41, 5.74) is 1.25. The molecule has 1 aliphatic heterocycles. The number of ether oxygens (including phenoxy) is 2. The predicted molar refractivity (Wildman–Crippen MR) is 73.3 cm³/mol. The van der Waals surface area contributed by atoms with Gasteiger partial charge in [0.2, 0.25) is 0 Å². The lowest BCUT2D eigenvalue weighted by Crippen LogP contribution is -2.24. The lowest BCUT2D eigenvalue weighted by atomic mass is 10.1. The van der Waals surface area contributed by atoms with Crippen molar-refractivity contribution in [3.05, 3.63) is 23.8 Å². The SMILES string of the molecule is CCC(C)CNC(C)c1ccc2c(c1)OCCO2. The Morgan fingerprint density at radius 2 is 1.89 bits per heavy atom. The summed E-state index contributed by atoms with van der Waals surface area (Å²) < 4.78 is 11.1. The molecule has 0 aromatic heterocycles. The van der Waals surface area contributed by atoms with Crippen molar-refractivity contribution in [2.75, 3.05) is 19.8 Å². The van der Waals surface area contributed by atoms with Crippen molar-refractivity contribution in [2.24, 2.45) is 5.92 Å². The zero-order chi connectivity index (χ0) is 13.0. The van der Waals surface area contributed by atoms with Crippen molar-refractivity contribution in [1.29, 1.82) is 0 Å². The minimum absolute atomic E-state index is 0.342. The number of rotatable bonds is 5. The van der Waals surface area contributed by atoms with Gasteiger partial charge in [-0.1, -0.05) is 26.3 Å². The average Bonchev–Trinajstić information content (AvgIpc) is 2.43. The molecule has 0 radical (unpaired) electrons. The summed E-state index contributed by atoms with van der Waals surface area (Å²) >= 11 is 0. The summed E-state index contributed by atoms with van der Waals surface area (Å²) in [7, 11) is 0. The molecule has 1 aromatic rings. The van der Waals surface area contributed by atoms with Gasteiger partial charge in [-0.25, -0.2) is 0 Å². The summed E-state index contributed by atoms with van der Waals surface area (Å²) in [5, 5.41) is 3.56. The first-order valence-corrected chi connectivity index (χ1v) is 6.83. The molecule has 1 aliphatic rings. The molecule has 1 aromatic carbocycles. The molecule has 2 unspecified atom stereocenters. The summed E-state index contributed by atoms with van der Waals surface area (Å²) in [6, 6.07) is 6.55. The maximum Gasteiger partial charge on any atom is 0.161 e. The Kier molecular flexibility index (Phi) is 4.48.